The second kappa shape index (κ2) is 5.97. The predicted molar refractivity (Wildman–Crippen MR) is 42.7 cm³/mol. The molecule has 1 atom stereocenters. The van der Waals surface area contributed by atoms with Crippen LogP contribution in [0.15, 0.2) is 0 Å². The van der Waals surface area contributed by atoms with Gasteiger partial charge in [0.1, 0.15) is 0 Å². The summed E-state index contributed by atoms with van der Waals surface area (Å²) in [5.41, 5.74) is 0. The van der Waals surface area contributed by atoms with E-state index in [0.717, 1.165) is 0 Å². The molecule has 0 rings (SSSR count). The summed E-state index contributed by atoms with van der Waals surface area (Å²) in [7, 11) is 0. The van der Waals surface area contributed by atoms with E-state index in [4.69, 9.17) is 11.6 Å². The fourth-order valence-corrected chi connectivity index (χ4v) is 0.390. The van der Waals surface area contributed by atoms with Crippen molar-refractivity contribution < 1.29 is 19.4 Å². The van der Waals surface area contributed by atoms with Crippen LogP contribution in [0.3, 0.4) is 0 Å². The number of hydrogen-bond acceptors (Lipinski definition) is 4. The Labute approximate surface area is 75.7 Å². The van der Waals surface area contributed by atoms with Gasteiger partial charge in [0.25, 0.3) is 0 Å². The molecule has 0 radical (unpaired) electrons. The van der Waals surface area contributed by atoms with Crippen LogP contribution in [0.5, 0.6) is 0 Å². The van der Waals surface area contributed by atoms with E-state index in [-0.39, 0.29) is 18.8 Å². The van der Waals surface area contributed by atoms with Crippen molar-refractivity contribution in [2.24, 2.45) is 0 Å². The minimum absolute atomic E-state index is 0.213. The third kappa shape index (κ3) is 5.09. The Hall–Kier alpha value is -0.610. The van der Waals surface area contributed by atoms with Gasteiger partial charge in [-0.15, -0.1) is 11.6 Å². The maximum Gasteiger partial charge on any atom is 0.342 e. The van der Waals surface area contributed by atoms with E-state index >= 15 is 0 Å². The zero-order chi connectivity index (χ0) is 9.56. The van der Waals surface area contributed by atoms with Gasteiger partial charge >= 0.3 is 5.97 Å². The van der Waals surface area contributed by atoms with Crippen molar-refractivity contribution in [2.75, 3.05) is 6.61 Å². The molecular weight excluding hydrogens is 184 g/mol. The van der Waals surface area contributed by atoms with E-state index in [2.05, 4.69) is 9.78 Å². The van der Waals surface area contributed by atoms with Crippen molar-refractivity contribution in [3.63, 3.8) is 0 Å². The minimum atomic E-state index is -0.620. The monoisotopic (exact) mass is 194 g/mol. The molecule has 0 aliphatic heterocycles. The molecule has 0 heterocycles. The lowest BCUT2D eigenvalue weighted by Gasteiger charge is -2.02. The molecule has 0 aromatic carbocycles. The molecule has 0 saturated heterocycles. The number of alkyl halides is 1. The van der Waals surface area contributed by atoms with Crippen LogP contribution in [0.2, 0.25) is 0 Å². The molecule has 0 aliphatic rings. The molecule has 12 heavy (non-hydrogen) atoms. The lowest BCUT2D eigenvalue weighted by atomic mass is 10.3. The molecule has 0 bridgehead atoms. The highest BCUT2D eigenvalue weighted by Crippen LogP contribution is 1.96. The largest absolute Gasteiger partial charge is 0.342 e. The Kier molecular flexibility index (Phi) is 5.66. The summed E-state index contributed by atoms with van der Waals surface area (Å²) < 4.78 is 0. The number of rotatable bonds is 5. The number of halogens is 1. The summed E-state index contributed by atoms with van der Waals surface area (Å²) in [6, 6.07) is 0. The van der Waals surface area contributed by atoms with E-state index in [1.807, 2.05) is 0 Å². The lowest BCUT2D eigenvalue weighted by molar-refractivity contribution is -0.267. The molecule has 0 fully saturated rings. The van der Waals surface area contributed by atoms with Crippen LogP contribution in [0.25, 0.3) is 0 Å². The molecule has 0 amide bonds. The Bertz CT molecular complexity index is 167. The van der Waals surface area contributed by atoms with Crippen LogP contribution < -0.4 is 0 Å². The maximum absolute atomic E-state index is 10.8. The van der Waals surface area contributed by atoms with Crippen molar-refractivity contribution in [3.8, 4) is 0 Å². The highest BCUT2D eigenvalue weighted by atomic mass is 35.5. The summed E-state index contributed by atoms with van der Waals surface area (Å²) in [5, 5.41) is -0.620. The standard InChI is InChI=1S/C7H11ClO4/c1-3-7(10)12-11-4-6(9)5(2)8/h5H,3-4H2,1-2H3. The van der Waals surface area contributed by atoms with E-state index in [0.29, 0.717) is 0 Å². The molecule has 0 aromatic rings. The quantitative estimate of drug-likeness (QED) is 0.373. The zero-order valence-corrected chi connectivity index (χ0v) is 7.76. The van der Waals surface area contributed by atoms with Crippen LogP contribution in [0, 0.1) is 0 Å². The third-order valence-corrected chi connectivity index (χ3v) is 1.33. The smallest absolute Gasteiger partial charge is 0.298 e. The third-order valence-electron chi connectivity index (χ3n) is 1.09. The molecule has 0 saturated carbocycles. The summed E-state index contributed by atoms with van der Waals surface area (Å²) >= 11 is 5.41. The van der Waals surface area contributed by atoms with Crippen LogP contribution in [-0.4, -0.2) is 23.7 Å². The van der Waals surface area contributed by atoms with E-state index in [1.54, 1.807) is 6.92 Å². The van der Waals surface area contributed by atoms with E-state index in [1.165, 1.54) is 6.92 Å². The molecule has 5 heteroatoms. The molecule has 0 N–H and O–H groups in total. The van der Waals surface area contributed by atoms with Gasteiger partial charge in [0.2, 0.25) is 0 Å². The van der Waals surface area contributed by atoms with Gasteiger partial charge in [0.05, 0.1) is 5.38 Å². The summed E-state index contributed by atoms with van der Waals surface area (Å²) in [6.07, 6.45) is 0.213. The van der Waals surface area contributed by atoms with Gasteiger partial charge in [-0.05, 0) is 6.92 Å². The van der Waals surface area contributed by atoms with E-state index in [9.17, 15) is 9.59 Å². The first-order chi connectivity index (χ1) is 5.57. The molecule has 0 aromatic heterocycles. The van der Waals surface area contributed by atoms with Crippen molar-refractivity contribution in [1.82, 2.24) is 0 Å². The maximum atomic E-state index is 10.8. The van der Waals surface area contributed by atoms with Gasteiger partial charge in [0.15, 0.2) is 12.4 Å². The Morgan fingerprint density at radius 3 is 2.50 bits per heavy atom. The van der Waals surface area contributed by atoms with Crippen molar-refractivity contribution >= 4 is 23.4 Å². The molecule has 0 aliphatic carbocycles. The zero-order valence-electron chi connectivity index (χ0n) is 7.00. The van der Waals surface area contributed by atoms with Crippen molar-refractivity contribution in [3.05, 3.63) is 0 Å². The highest BCUT2D eigenvalue weighted by molar-refractivity contribution is 6.30. The van der Waals surface area contributed by atoms with Crippen LogP contribution >= 0.6 is 11.6 Å². The first kappa shape index (κ1) is 11.4. The van der Waals surface area contributed by atoms with Gasteiger partial charge < -0.3 is 0 Å². The first-order valence-electron chi connectivity index (χ1n) is 3.57. The van der Waals surface area contributed by atoms with Gasteiger partial charge in [-0.1, -0.05) is 6.92 Å². The minimum Gasteiger partial charge on any atom is -0.298 e. The molecule has 1 unspecified atom stereocenters. The number of hydrogen-bond donors (Lipinski definition) is 0. The average Bonchev–Trinajstić information content (AvgIpc) is 2.03. The Morgan fingerprint density at radius 2 is 2.08 bits per heavy atom. The van der Waals surface area contributed by atoms with Gasteiger partial charge in [0, 0.05) is 6.42 Å². The van der Waals surface area contributed by atoms with Crippen molar-refractivity contribution in [2.45, 2.75) is 25.6 Å². The topological polar surface area (TPSA) is 52.6 Å². The first-order valence-corrected chi connectivity index (χ1v) is 4.00. The van der Waals surface area contributed by atoms with Gasteiger partial charge in [-0.2, -0.15) is 4.89 Å². The molecule has 0 spiro atoms. The van der Waals surface area contributed by atoms with E-state index < -0.39 is 11.3 Å². The second-order valence-electron chi connectivity index (χ2n) is 2.15. The summed E-state index contributed by atoms with van der Waals surface area (Å²) in [5.74, 6) is -0.828. The number of carbonyl (C=O) groups excluding carboxylic acids is 2. The normalized spacial score (nSPS) is 12.2. The predicted octanol–water partition coefficient (Wildman–Crippen LogP) is 1.07. The number of ketones is 1. The fourth-order valence-electron chi connectivity index (χ4n) is 0.327. The SMILES string of the molecule is CCC(=O)OOCC(=O)C(C)Cl. The molecule has 70 valence electrons. The van der Waals surface area contributed by atoms with Crippen LogP contribution in [0.1, 0.15) is 20.3 Å². The Balaban J connectivity index is 3.44. The van der Waals surface area contributed by atoms with Crippen LogP contribution in [0.4, 0.5) is 0 Å². The molecule has 4 nitrogen and oxygen atoms in total. The second-order valence-corrected chi connectivity index (χ2v) is 2.81. The van der Waals surface area contributed by atoms with Gasteiger partial charge in [-0.3, -0.25) is 9.68 Å². The Morgan fingerprint density at radius 1 is 1.50 bits per heavy atom. The number of Topliss-reactive ketones (excluding diaryl/α,β-unsaturated/α-hetero) is 1. The fraction of sp³-hybridized carbons (Fsp3) is 0.714. The highest BCUT2D eigenvalue weighted by Gasteiger charge is 2.10. The summed E-state index contributed by atoms with van der Waals surface area (Å²) in [4.78, 5) is 29.8. The van der Waals surface area contributed by atoms with Gasteiger partial charge in [-0.25, -0.2) is 4.79 Å². The van der Waals surface area contributed by atoms with Crippen LogP contribution in [-0.2, 0) is 19.4 Å². The lowest BCUT2D eigenvalue weighted by Crippen LogP contribution is -2.18. The average molecular weight is 195 g/mol. The molecular formula is C7H11ClO4. The number of carbonyl (C=O) groups is 2. The van der Waals surface area contributed by atoms with Crippen molar-refractivity contribution in [1.29, 1.82) is 0 Å². The summed E-state index contributed by atoms with van der Waals surface area (Å²) in [6.45, 7) is 2.85.